The summed E-state index contributed by atoms with van der Waals surface area (Å²) in [4.78, 5) is 13.5. The maximum Gasteiger partial charge on any atom is 0.371 e. The third-order valence-corrected chi connectivity index (χ3v) is 4.54. The van der Waals surface area contributed by atoms with Crippen molar-refractivity contribution in [1.82, 2.24) is 4.90 Å². The summed E-state index contributed by atoms with van der Waals surface area (Å²) in [7, 11) is 0. The first kappa shape index (κ1) is 15.1. The van der Waals surface area contributed by atoms with E-state index in [0.717, 1.165) is 18.5 Å². The number of benzene rings is 1. The van der Waals surface area contributed by atoms with Crippen LogP contribution in [0.25, 0.3) is 11.0 Å². The van der Waals surface area contributed by atoms with E-state index in [1.807, 2.05) is 18.2 Å². The lowest BCUT2D eigenvalue weighted by atomic mass is 9.85. The highest BCUT2D eigenvalue weighted by Gasteiger charge is 2.33. The van der Waals surface area contributed by atoms with Crippen molar-refractivity contribution in [2.24, 2.45) is 5.41 Å². The molecule has 2 heterocycles. The molecule has 1 aromatic carbocycles. The largest absolute Gasteiger partial charge is 0.475 e. The average Bonchev–Trinajstić information content (AvgIpc) is 3.03. The zero-order valence-electron chi connectivity index (χ0n) is 13.4. The smallest absolute Gasteiger partial charge is 0.371 e. The Morgan fingerprint density at radius 3 is 2.82 bits per heavy atom. The Bertz CT molecular complexity index is 696. The molecule has 0 saturated carbocycles. The van der Waals surface area contributed by atoms with Crippen molar-refractivity contribution in [3.05, 3.63) is 35.6 Å². The van der Waals surface area contributed by atoms with Gasteiger partial charge in [-0.05, 0) is 48.6 Å². The maximum atomic E-state index is 11.0. The molecule has 3 rings (SSSR count). The topological polar surface area (TPSA) is 53.7 Å². The number of likely N-dealkylation sites (tertiary alicyclic amines) is 1. The van der Waals surface area contributed by atoms with Gasteiger partial charge in [0.1, 0.15) is 5.58 Å². The molecule has 0 amide bonds. The van der Waals surface area contributed by atoms with E-state index in [1.54, 1.807) is 6.07 Å². The van der Waals surface area contributed by atoms with Gasteiger partial charge < -0.3 is 9.52 Å². The number of fused-ring (bicyclic) bond motifs is 1. The van der Waals surface area contributed by atoms with E-state index in [2.05, 4.69) is 25.7 Å². The minimum Gasteiger partial charge on any atom is -0.475 e. The molecule has 2 aromatic rings. The molecule has 1 atom stereocenters. The Morgan fingerprint density at radius 2 is 2.14 bits per heavy atom. The maximum absolute atomic E-state index is 11.0. The van der Waals surface area contributed by atoms with Crippen molar-refractivity contribution >= 4 is 16.9 Å². The van der Waals surface area contributed by atoms with Crippen LogP contribution in [0.2, 0.25) is 0 Å². The predicted molar refractivity (Wildman–Crippen MR) is 86.1 cm³/mol. The van der Waals surface area contributed by atoms with Gasteiger partial charge in [-0.1, -0.05) is 26.8 Å². The summed E-state index contributed by atoms with van der Waals surface area (Å²) in [6, 6.07) is 8.16. The zero-order chi connectivity index (χ0) is 15.9. The Hall–Kier alpha value is -1.81. The van der Waals surface area contributed by atoms with Crippen molar-refractivity contribution in [1.29, 1.82) is 0 Å². The molecular formula is C18H23NO3. The molecular weight excluding hydrogens is 278 g/mol. The Balaban J connectivity index is 1.83. The van der Waals surface area contributed by atoms with Crippen molar-refractivity contribution in [2.45, 2.75) is 46.2 Å². The molecule has 4 nitrogen and oxygen atoms in total. The van der Waals surface area contributed by atoms with Gasteiger partial charge in [0.05, 0.1) is 0 Å². The highest BCUT2D eigenvalue weighted by atomic mass is 16.4. The van der Waals surface area contributed by atoms with Gasteiger partial charge in [-0.2, -0.15) is 0 Å². The number of carbonyl (C=O) groups is 1. The van der Waals surface area contributed by atoms with E-state index >= 15 is 0 Å². The highest BCUT2D eigenvalue weighted by molar-refractivity contribution is 5.91. The van der Waals surface area contributed by atoms with Crippen LogP contribution in [-0.2, 0) is 6.54 Å². The van der Waals surface area contributed by atoms with Crippen molar-refractivity contribution in [3.8, 4) is 0 Å². The molecule has 0 spiro atoms. The fourth-order valence-corrected chi connectivity index (χ4v) is 3.53. The second-order valence-electron chi connectivity index (χ2n) is 7.28. The van der Waals surface area contributed by atoms with Gasteiger partial charge in [-0.25, -0.2) is 4.79 Å². The highest BCUT2D eigenvalue weighted by Crippen LogP contribution is 2.34. The first-order chi connectivity index (χ1) is 10.3. The molecule has 1 unspecified atom stereocenters. The van der Waals surface area contributed by atoms with Crippen LogP contribution in [-0.4, -0.2) is 28.6 Å². The standard InChI is InChI=1S/C18H23NO3/c1-18(2,3)16-5-4-8-19(16)11-12-6-7-14-13(9-12)10-15(22-14)17(20)21/h6-7,9-10,16H,4-5,8,11H2,1-3H3,(H,20,21). The molecule has 0 bridgehead atoms. The van der Waals surface area contributed by atoms with Crippen LogP contribution in [0.15, 0.2) is 28.7 Å². The number of nitrogens with zero attached hydrogens (tertiary/aromatic N) is 1. The summed E-state index contributed by atoms with van der Waals surface area (Å²) in [6.07, 6.45) is 2.50. The van der Waals surface area contributed by atoms with Crippen molar-refractivity contribution in [2.75, 3.05) is 6.54 Å². The summed E-state index contributed by atoms with van der Waals surface area (Å²) in [5.41, 5.74) is 2.13. The fourth-order valence-electron chi connectivity index (χ4n) is 3.53. The monoisotopic (exact) mass is 301 g/mol. The minimum absolute atomic E-state index is 0.000825. The van der Waals surface area contributed by atoms with Crippen LogP contribution in [0.3, 0.4) is 0 Å². The molecule has 1 aromatic heterocycles. The molecule has 4 heteroatoms. The molecule has 0 aliphatic carbocycles. The third-order valence-electron chi connectivity index (χ3n) is 4.54. The summed E-state index contributed by atoms with van der Waals surface area (Å²) >= 11 is 0. The van der Waals surface area contributed by atoms with Gasteiger partial charge in [-0.15, -0.1) is 0 Å². The summed E-state index contributed by atoms with van der Waals surface area (Å²) in [6.45, 7) is 8.94. The van der Waals surface area contributed by atoms with Gasteiger partial charge in [0.15, 0.2) is 0 Å². The van der Waals surface area contributed by atoms with Crippen LogP contribution >= 0.6 is 0 Å². The van der Waals surface area contributed by atoms with Gasteiger partial charge in [0.25, 0.3) is 0 Å². The molecule has 1 N–H and O–H groups in total. The third kappa shape index (κ3) is 2.88. The Labute approximate surface area is 130 Å². The molecule has 1 aliphatic rings. The minimum atomic E-state index is -1.02. The zero-order valence-corrected chi connectivity index (χ0v) is 13.4. The number of aromatic carboxylic acids is 1. The summed E-state index contributed by atoms with van der Waals surface area (Å²) in [5.74, 6) is -1.02. The fraction of sp³-hybridized carbons (Fsp3) is 0.500. The average molecular weight is 301 g/mol. The van der Waals surface area contributed by atoms with E-state index in [0.29, 0.717) is 11.6 Å². The predicted octanol–water partition coefficient (Wildman–Crippen LogP) is 4.14. The van der Waals surface area contributed by atoms with Crippen LogP contribution in [0, 0.1) is 5.41 Å². The van der Waals surface area contributed by atoms with Crippen molar-refractivity contribution in [3.63, 3.8) is 0 Å². The second-order valence-corrected chi connectivity index (χ2v) is 7.28. The molecule has 1 saturated heterocycles. The number of carboxylic acid groups (broad SMARTS) is 1. The number of hydrogen-bond acceptors (Lipinski definition) is 3. The first-order valence-corrected chi connectivity index (χ1v) is 7.84. The van der Waals surface area contributed by atoms with Crippen LogP contribution in [0.4, 0.5) is 0 Å². The van der Waals surface area contributed by atoms with E-state index in [9.17, 15) is 4.79 Å². The number of rotatable bonds is 3. The summed E-state index contributed by atoms with van der Waals surface area (Å²) < 4.78 is 5.32. The lowest BCUT2D eigenvalue weighted by Crippen LogP contribution is -2.38. The lowest BCUT2D eigenvalue weighted by Gasteiger charge is -2.35. The first-order valence-electron chi connectivity index (χ1n) is 7.84. The van der Waals surface area contributed by atoms with Gasteiger partial charge in [0, 0.05) is 18.0 Å². The molecule has 22 heavy (non-hydrogen) atoms. The van der Waals surface area contributed by atoms with E-state index in [4.69, 9.17) is 9.52 Å². The Morgan fingerprint density at radius 1 is 1.36 bits per heavy atom. The van der Waals surface area contributed by atoms with Gasteiger partial charge >= 0.3 is 5.97 Å². The van der Waals surface area contributed by atoms with E-state index in [-0.39, 0.29) is 11.2 Å². The van der Waals surface area contributed by atoms with Crippen LogP contribution < -0.4 is 0 Å². The lowest BCUT2D eigenvalue weighted by molar-refractivity contribution is 0.0665. The normalized spacial score (nSPS) is 19.9. The van der Waals surface area contributed by atoms with Gasteiger partial charge in [0.2, 0.25) is 5.76 Å². The van der Waals surface area contributed by atoms with Crippen LogP contribution in [0.5, 0.6) is 0 Å². The van der Waals surface area contributed by atoms with Crippen LogP contribution in [0.1, 0.15) is 49.7 Å². The number of hydrogen-bond donors (Lipinski definition) is 1. The second kappa shape index (κ2) is 5.43. The Kier molecular flexibility index (Phi) is 3.73. The quantitative estimate of drug-likeness (QED) is 0.925. The van der Waals surface area contributed by atoms with Gasteiger partial charge in [-0.3, -0.25) is 4.90 Å². The molecule has 1 aliphatic heterocycles. The molecule has 0 radical (unpaired) electrons. The SMILES string of the molecule is CC(C)(C)C1CCCN1Cc1ccc2oc(C(=O)O)cc2c1. The molecule has 1 fully saturated rings. The number of carboxylic acids is 1. The van der Waals surface area contributed by atoms with E-state index < -0.39 is 5.97 Å². The molecule has 118 valence electrons. The summed E-state index contributed by atoms with van der Waals surface area (Å²) in [5, 5.41) is 9.87. The van der Waals surface area contributed by atoms with E-state index in [1.165, 1.54) is 18.4 Å². The number of furan rings is 1. The van der Waals surface area contributed by atoms with Crippen molar-refractivity contribution < 1.29 is 14.3 Å².